The standard InChI is InChI=1S/C45H62N2O13/c1-11-12-13-14-15-20-58-46-22-30-35-40(53)33-32(39(30)52)34-42(28(7)38(33)51)60-45(9,43(34)54)57-21-19-31(56-10)25(4)41(59-29(8)48)27(6)37(50)26(5)36(49)23(2)17-16-18-24(3)44(55)47-35/h16-19,21-23,25-27,31,36-37,41,49-53H,11-15,20H2,1-10H3,(H,47,55)/b17-16-,21-19-,24-18-,46-22+/t23-,25+,26+,27+,31-,36-,37+,41+,45-/m0/s1. The van der Waals surface area contributed by atoms with Crippen molar-refractivity contribution in [3.8, 4) is 23.0 Å². The molecule has 0 saturated heterocycles. The van der Waals surface area contributed by atoms with Gasteiger partial charge in [0.1, 0.15) is 30.0 Å². The molecule has 0 radical (unpaired) electrons. The van der Waals surface area contributed by atoms with E-state index in [4.69, 9.17) is 23.8 Å². The van der Waals surface area contributed by atoms with Gasteiger partial charge in [0, 0.05) is 61.2 Å². The zero-order chi connectivity index (χ0) is 44.6. The number of phenols is 3. The van der Waals surface area contributed by atoms with Crippen molar-refractivity contribution in [1.29, 1.82) is 0 Å². The van der Waals surface area contributed by atoms with Gasteiger partial charge in [-0.05, 0) is 32.8 Å². The molecule has 60 heavy (non-hydrogen) atoms. The Kier molecular flexibility index (Phi) is 16.2. The maximum atomic E-state index is 14.4. The van der Waals surface area contributed by atoms with Crippen molar-refractivity contribution >= 4 is 40.3 Å². The number of amides is 1. The normalized spacial score (nSPS) is 29.8. The number of methoxy groups -OCH3 is 1. The fraction of sp³-hybridized carbons (Fsp3) is 0.556. The summed E-state index contributed by atoms with van der Waals surface area (Å²) in [4.78, 5) is 45.9. The van der Waals surface area contributed by atoms with Crippen molar-refractivity contribution in [2.24, 2.45) is 28.8 Å². The van der Waals surface area contributed by atoms with Crippen LogP contribution in [-0.4, -0.2) is 93.3 Å². The first-order valence-electron chi connectivity index (χ1n) is 20.6. The number of benzene rings is 2. The van der Waals surface area contributed by atoms with Crippen LogP contribution < -0.4 is 10.1 Å². The number of unbranched alkanes of at least 4 members (excludes halogenated alkanes) is 4. The molecule has 0 fully saturated rings. The number of ketones is 1. The van der Waals surface area contributed by atoms with Crippen LogP contribution in [0.25, 0.3) is 10.8 Å². The number of rotatable bonds is 10. The number of oxime groups is 1. The third-order valence-corrected chi connectivity index (χ3v) is 11.6. The first-order chi connectivity index (χ1) is 28.3. The maximum Gasteiger partial charge on any atom is 0.312 e. The Balaban J connectivity index is 1.92. The zero-order valence-electron chi connectivity index (χ0n) is 36.3. The molecular weight excluding hydrogens is 776 g/mol. The molecule has 0 aromatic heterocycles. The number of hydrogen-bond acceptors (Lipinski definition) is 14. The lowest BCUT2D eigenvalue weighted by Gasteiger charge is -2.38. The molecule has 15 nitrogen and oxygen atoms in total. The summed E-state index contributed by atoms with van der Waals surface area (Å²) in [5.41, 5.74) is -0.549. The van der Waals surface area contributed by atoms with Gasteiger partial charge in [-0.1, -0.05) is 77.3 Å². The molecule has 5 rings (SSSR count). The number of phenolic OH excluding ortho intramolecular Hbond substituents is 3. The summed E-state index contributed by atoms with van der Waals surface area (Å²) in [6.07, 6.45) is 9.45. The van der Waals surface area contributed by atoms with Crippen LogP contribution in [0.5, 0.6) is 23.0 Å². The van der Waals surface area contributed by atoms with Crippen molar-refractivity contribution in [2.45, 2.75) is 125 Å². The van der Waals surface area contributed by atoms with Crippen molar-refractivity contribution < 1.29 is 63.7 Å². The minimum Gasteiger partial charge on any atom is -0.507 e. The maximum absolute atomic E-state index is 14.4. The zero-order valence-corrected chi connectivity index (χ0v) is 36.3. The topological polar surface area (TPSA) is 223 Å². The number of carbonyl (C=O) groups is 3. The van der Waals surface area contributed by atoms with Gasteiger partial charge in [-0.25, -0.2) is 0 Å². The SMILES string of the molecule is CCCCCCCO/N=C/c1c2c(O)c3c(O)c(C)c4c(c3c1O)C(=O)[C@@](C)(O/C=C\[C@H](OC)[C@@H](C)[C@@H](OC(C)=O)[C@H](C)[C@H](O)[C@H](C)[C@@H](O)[C@@H](C)/C=C\C=C(\C)C(=O)N2)O4. The number of ether oxygens (including phenoxy) is 4. The molecule has 0 aliphatic carbocycles. The second kappa shape index (κ2) is 20.4. The van der Waals surface area contributed by atoms with Crippen LogP contribution in [0.1, 0.15) is 109 Å². The summed E-state index contributed by atoms with van der Waals surface area (Å²) >= 11 is 0. The summed E-state index contributed by atoms with van der Waals surface area (Å²) in [6.45, 7) is 14.8. The lowest BCUT2D eigenvalue weighted by molar-refractivity contribution is -0.160. The summed E-state index contributed by atoms with van der Waals surface area (Å²) in [5, 5.41) is 64.2. The van der Waals surface area contributed by atoms with E-state index in [1.165, 1.54) is 53.2 Å². The van der Waals surface area contributed by atoms with Crippen molar-refractivity contribution in [3.05, 3.63) is 52.8 Å². The van der Waals surface area contributed by atoms with Crippen LogP contribution in [0.3, 0.4) is 0 Å². The lowest BCUT2D eigenvalue weighted by atomic mass is 9.78. The Bertz CT molecular complexity index is 2020. The molecule has 5 bridgehead atoms. The molecular formula is C45H62N2O13. The second-order valence-electron chi connectivity index (χ2n) is 16.1. The van der Waals surface area contributed by atoms with E-state index in [2.05, 4.69) is 17.4 Å². The van der Waals surface area contributed by atoms with Crippen molar-refractivity contribution in [3.63, 3.8) is 0 Å². The minimum atomic E-state index is -2.06. The van der Waals surface area contributed by atoms with Crippen LogP contribution in [0, 0.1) is 30.6 Å². The Morgan fingerprint density at radius 3 is 2.27 bits per heavy atom. The van der Waals surface area contributed by atoms with E-state index in [1.807, 2.05) is 0 Å². The van der Waals surface area contributed by atoms with Gasteiger partial charge < -0.3 is 54.6 Å². The molecule has 3 aliphatic heterocycles. The highest BCUT2D eigenvalue weighted by Crippen LogP contribution is 2.55. The summed E-state index contributed by atoms with van der Waals surface area (Å²) in [5.74, 6) is -8.55. The van der Waals surface area contributed by atoms with Crippen LogP contribution in [0.4, 0.5) is 5.69 Å². The van der Waals surface area contributed by atoms with Gasteiger partial charge in [0.15, 0.2) is 5.75 Å². The number of allylic oxidation sites excluding steroid dienone is 2. The van der Waals surface area contributed by atoms with Gasteiger partial charge in [0.25, 0.3) is 11.7 Å². The summed E-state index contributed by atoms with van der Waals surface area (Å²) in [6, 6.07) is 0. The molecule has 2 aromatic carbocycles. The van der Waals surface area contributed by atoms with E-state index in [-0.39, 0.29) is 51.1 Å². The van der Waals surface area contributed by atoms with Crippen molar-refractivity contribution in [1.82, 2.24) is 0 Å². The van der Waals surface area contributed by atoms with Gasteiger partial charge in [-0.3, -0.25) is 14.4 Å². The number of fused-ring (bicyclic) bond motifs is 14. The molecule has 6 N–H and O–H groups in total. The van der Waals surface area contributed by atoms with Gasteiger partial charge in [0.2, 0.25) is 0 Å². The average molecular weight is 839 g/mol. The number of esters is 1. The Morgan fingerprint density at radius 2 is 1.62 bits per heavy atom. The molecule has 330 valence electrons. The lowest BCUT2D eigenvalue weighted by Crippen LogP contribution is -2.46. The number of aliphatic hydroxyl groups is 2. The van der Waals surface area contributed by atoms with Gasteiger partial charge in [-0.2, -0.15) is 0 Å². The molecule has 9 atom stereocenters. The number of hydrogen-bond donors (Lipinski definition) is 6. The predicted molar refractivity (Wildman–Crippen MR) is 226 cm³/mol. The minimum absolute atomic E-state index is 0.0411. The van der Waals surface area contributed by atoms with Gasteiger partial charge in [0.05, 0.1) is 53.0 Å². The first kappa shape index (κ1) is 47.6. The molecule has 15 heteroatoms. The quantitative estimate of drug-likeness (QED) is 0.0352. The Hall–Kier alpha value is -5.12. The highest BCUT2D eigenvalue weighted by atomic mass is 16.7. The van der Waals surface area contributed by atoms with E-state index in [9.17, 15) is 39.9 Å². The number of anilines is 1. The first-order valence-corrected chi connectivity index (χ1v) is 20.6. The van der Waals surface area contributed by atoms with Gasteiger partial charge >= 0.3 is 11.8 Å². The molecule has 3 heterocycles. The number of aromatic hydroxyl groups is 3. The number of Topliss-reactive ketones (excluding diaryl/α,β-unsaturated/α-hetero) is 1. The Morgan fingerprint density at radius 1 is 0.933 bits per heavy atom. The van der Waals surface area contributed by atoms with Gasteiger partial charge in [-0.15, -0.1) is 0 Å². The highest BCUT2D eigenvalue weighted by Gasteiger charge is 2.50. The average Bonchev–Trinajstić information content (AvgIpc) is 3.47. The van der Waals surface area contributed by atoms with Crippen LogP contribution >= 0.6 is 0 Å². The van der Waals surface area contributed by atoms with E-state index in [0.29, 0.717) is 0 Å². The van der Waals surface area contributed by atoms with Crippen LogP contribution in [-0.2, 0) is 28.6 Å². The van der Waals surface area contributed by atoms with E-state index in [0.717, 1.165) is 38.3 Å². The van der Waals surface area contributed by atoms with Crippen molar-refractivity contribution in [2.75, 3.05) is 19.0 Å². The largest absolute Gasteiger partial charge is 0.507 e. The van der Waals surface area contributed by atoms with E-state index in [1.54, 1.807) is 39.8 Å². The molecule has 2 aromatic rings. The fourth-order valence-electron chi connectivity index (χ4n) is 7.79. The number of nitrogens with zero attached hydrogens (tertiary/aromatic N) is 1. The second-order valence-corrected chi connectivity index (χ2v) is 16.1. The fourth-order valence-corrected chi connectivity index (χ4v) is 7.79. The number of aliphatic hydroxyl groups excluding tert-OH is 2. The number of nitrogens with one attached hydrogen (secondary N) is 1. The third kappa shape index (κ3) is 10.1. The summed E-state index contributed by atoms with van der Waals surface area (Å²) in [7, 11) is 1.43. The predicted octanol–water partition coefficient (Wildman–Crippen LogP) is 7.08. The number of carbonyl (C=O) groups excluding carboxylic acids is 3. The van der Waals surface area contributed by atoms with E-state index >= 15 is 0 Å². The molecule has 0 spiro atoms. The van der Waals surface area contributed by atoms with E-state index < -0.39 is 88.8 Å². The molecule has 1 amide bonds. The highest BCUT2D eigenvalue weighted by molar-refractivity contribution is 6.23. The molecule has 0 saturated carbocycles. The summed E-state index contributed by atoms with van der Waals surface area (Å²) < 4.78 is 23.5. The third-order valence-electron chi connectivity index (χ3n) is 11.6. The smallest absolute Gasteiger partial charge is 0.312 e. The molecule has 3 aliphatic rings. The monoisotopic (exact) mass is 838 g/mol. The van der Waals surface area contributed by atoms with Crippen LogP contribution in [0.2, 0.25) is 0 Å². The Labute approximate surface area is 351 Å². The molecule has 0 unspecified atom stereocenters. The van der Waals surface area contributed by atoms with Crippen LogP contribution in [0.15, 0.2) is 41.3 Å².